The number of hydrogen-bond donors (Lipinski definition) is 1. The summed E-state index contributed by atoms with van der Waals surface area (Å²) >= 11 is 0. The van der Waals surface area contributed by atoms with Gasteiger partial charge in [-0.05, 0) is 24.6 Å². The first-order chi connectivity index (χ1) is 6.77. The van der Waals surface area contributed by atoms with Gasteiger partial charge in [0.2, 0.25) is 0 Å². The van der Waals surface area contributed by atoms with Gasteiger partial charge in [0, 0.05) is 6.54 Å². The summed E-state index contributed by atoms with van der Waals surface area (Å²) in [6.07, 6.45) is 0.497. The van der Waals surface area contributed by atoms with Crippen molar-refractivity contribution in [3.8, 4) is 11.8 Å². The second kappa shape index (κ2) is 5.13. The van der Waals surface area contributed by atoms with E-state index >= 15 is 0 Å². The molecule has 0 aliphatic carbocycles. The lowest BCUT2D eigenvalue weighted by Crippen LogP contribution is -2.02. The van der Waals surface area contributed by atoms with Crippen LogP contribution in [0.2, 0.25) is 0 Å². The zero-order chi connectivity index (χ0) is 10.4. The summed E-state index contributed by atoms with van der Waals surface area (Å²) in [5, 5.41) is 11.6. The molecular formula is C11H14N2O. The smallest absolute Gasteiger partial charge is 0.141 e. The maximum atomic E-state index is 8.40. The van der Waals surface area contributed by atoms with Crippen molar-refractivity contribution in [3.63, 3.8) is 0 Å². The number of benzene rings is 1. The lowest BCUT2D eigenvalue weighted by atomic mass is 10.2. The van der Waals surface area contributed by atoms with Gasteiger partial charge < -0.3 is 10.1 Å². The van der Waals surface area contributed by atoms with Gasteiger partial charge in [0.15, 0.2) is 0 Å². The van der Waals surface area contributed by atoms with Crippen molar-refractivity contribution < 1.29 is 4.74 Å². The van der Waals surface area contributed by atoms with E-state index < -0.39 is 0 Å². The minimum atomic E-state index is 0.497. The van der Waals surface area contributed by atoms with Gasteiger partial charge in [0.05, 0.1) is 25.3 Å². The van der Waals surface area contributed by atoms with Crippen molar-refractivity contribution in [2.75, 3.05) is 19.0 Å². The summed E-state index contributed by atoms with van der Waals surface area (Å²) < 4.78 is 5.19. The second-order valence-corrected chi connectivity index (χ2v) is 3.04. The van der Waals surface area contributed by atoms with E-state index in [-0.39, 0.29) is 0 Å². The third-order valence-electron chi connectivity index (χ3n) is 1.91. The van der Waals surface area contributed by atoms with Gasteiger partial charge in [0.25, 0.3) is 0 Å². The first-order valence-electron chi connectivity index (χ1n) is 4.53. The Balaban J connectivity index is 2.73. The number of nitrogens with zero attached hydrogens (tertiary/aromatic N) is 1. The Labute approximate surface area is 84.3 Å². The van der Waals surface area contributed by atoms with Crippen LogP contribution >= 0.6 is 0 Å². The molecule has 0 heterocycles. The van der Waals surface area contributed by atoms with Crippen LogP contribution in [0.15, 0.2) is 18.2 Å². The molecule has 0 saturated carbocycles. The fourth-order valence-corrected chi connectivity index (χ4v) is 1.21. The van der Waals surface area contributed by atoms with E-state index in [1.165, 1.54) is 5.56 Å². The summed E-state index contributed by atoms with van der Waals surface area (Å²) in [6, 6.07) is 8.01. The Bertz CT molecular complexity index is 342. The molecule has 0 atom stereocenters. The number of aryl methyl sites for hydroxylation is 1. The van der Waals surface area contributed by atoms with Crippen molar-refractivity contribution in [1.29, 1.82) is 5.26 Å². The quantitative estimate of drug-likeness (QED) is 0.741. The Morgan fingerprint density at radius 2 is 2.29 bits per heavy atom. The van der Waals surface area contributed by atoms with Crippen molar-refractivity contribution in [1.82, 2.24) is 0 Å². The van der Waals surface area contributed by atoms with Gasteiger partial charge >= 0.3 is 0 Å². The van der Waals surface area contributed by atoms with Crippen LogP contribution in [0, 0.1) is 18.3 Å². The van der Waals surface area contributed by atoms with Crippen molar-refractivity contribution >= 4 is 5.69 Å². The van der Waals surface area contributed by atoms with Crippen LogP contribution in [0.4, 0.5) is 5.69 Å². The van der Waals surface area contributed by atoms with E-state index in [1.54, 1.807) is 7.11 Å². The summed E-state index contributed by atoms with van der Waals surface area (Å²) in [5.74, 6) is 0.813. The average Bonchev–Trinajstić information content (AvgIpc) is 2.19. The molecule has 1 aromatic carbocycles. The van der Waals surface area contributed by atoms with E-state index in [0.717, 1.165) is 11.4 Å². The van der Waals surface area contributed by atoms with Crippen LogP contribution in [-0.4, -0.2) is 13.7 Å². The first kappa shape index (κ1) is 10.4. The fraction of sp³-hybridized carbons (Fsp3) is 0.364. The van der Waals surface area contributed by atoms with Crippen molar-refractivity contribution in [2.45, 2.75) is 13.3 Å². The highest BCUT2D eigenvalue weighted by atomic mass is 16.5. The van der Waals surface area contributed by atoms with Crippen LogP contribution in [0.25, 0.3) is 0 Å². The highest BCUT2D eigenvalue weighted by Crippen LogP contribution is 2.24. The molecule has 3 nitrogen and oxygen atoms in total. The van der Waals surface area contributed by atoms with E-state index in [9.17, 15) is 0 Å². The molecule has 1 rings (SSSR count). The molecule has 1 N–H and O–H groups in total. The molecule has 0 saturated heterocycles. The molecular weight excluding hydrogens is 176 g/mol. The van der Waals surface area contributed by atoms with Crippen molar-refractivity contribution in [3.05, 3.63) is 23.8 Å². The normalized spacial score (nSPS) is 9.21. The molecule has 0 unspecified atom stereocenters. The minimum Gasteiger partial charge on any atom is -0.495 e. The number of rotatable bonds is 4. The predicted molar refractivity (Wildman–Crippen MR) is 56.5 cm³/mol. The Kier molecular flexibility index (Phi) is 3.81. The second-order valence-electron chi connectivity index (χ2n) is 3.04. The molecule has 14 heavy (non-hydrogen) atoms. The monoisotopic (exact) mass is 190 g/mol. The molecule has 0 aromatic heterocycles. The minimum absolute atomic E-state index is 0.497. The molecule has 3 heteroatoms. The lowest BCUT2D eigenvalue weighted by Gasteiger charge is -2.10. The topological polar surface area (TPSA) is 45.0 Å². The fourth-order valence-electron chi connectivity index (χ4n) is 1.21. The summed E-state index contributed by atoms with van der Waals surface area (Å²) in [5.41, 5.74) is 2.12. The molecule has 1 aromatic rings. The highest BCUT2D eigenvalue weighted by Gasteiger charge is 2.01. The van der Waals surface area contributed by atoms with Crippen LogP contribution in [0.3, 0.4) is 0 Å². The van der Waals surface area contributed by atoms with Gasteiger partial charge in [-0.25, -0.2) is 0 Å². The average molecular weight is 190 g/mol. The van der Waals surface area contributed by atoms with Crippen molar-refractivity contribution in [2.24, 2.45) is 0 Å². The zero-order valence-electron chi connectivity index (χ0n) is 8.50. The van der Waals surface area contributed by atoms with Gasteiger partial charge in [-0.3, -0.25) is 0 Å². The van der Waals surface area contributed by atoms with Crippen LogP contribution in [-0.2, 0) is 0 Å². The third kappa shape index (κ3) is 2.67. The van der Waals surface area contributed by atoms with Gasteiger partial charge in [0.1, 0.15) is 5.75 Å². The third-order valence-corrected chi connectivity index (χ3v) is 1.91. The Morgan fingerprint density at radius 1 is 1.50 bits per heavy atom. The molecule has 0 spiro atoms. The first-order valence-corrected chi connectivity index (χ1v) is 4.53. The lowest BCUT2D eigenvalue weighted by molar-refractivity contribution is 0.416. The summed E-state index contributed by atoms with van der Waals surface area (Å²) in [7, 11) is 1.64. The molecule has 74 valence electrons. The van der Waals surface area contributed by atoms with E-state index in [0.29, 0.717) is 13.0 Å². The largest absolute Gasteiger partial charge is 0.495 e. The molecule has 0 amide bonds. The number of hydrogen-bond acceptors (Lipinski definition) is 3. The molecule has 0 aliphatic heterocycles. The predicted octanol–water partition coefficient (Wildman–Crippen LogP) is 2.33. The van der Waals surface area contributed by atoms with Gasteiger partial charge in [-0.15, -0.1) is 0 Å². The summed E-state index contributed by atoms with van der Waals surface area (Å²) in [4.78, 5) is 0. The van der Waals surface area contributed by atoms with Crippen LogP contribution in [0.5, 0.6) is 5.75 Å². The standard InChI is InChI=1S/C11H14N2O/c1-9-4-5-11(14-2)10(8-9)13-7-3-6-12/h4-5,8,13H,3,7H2,1-2H3. The molecule has 0 fully saturated rings. The van der Waals surface area contributed by atoms with E-state index in [4.69, 9.17) is 10.00 Å². The Morgan fingerprint density at radius 3 is 2.93 bits per heavy atom. The number of ether oxygens (including phenoxy) is 1. The van der Waals surface area contributed by atoms with E-state index in [2.05, 4.69) is 11.4 Å². The van der Waals surface area contributed by atoms with Crippen LogP contribution < -0.4 is 10.1 Å². The van der Waals surface area contributed by atoms with Gasteiger partial charge in [-0.1, -0.05) is 6.07 Å². The number of nitriles is 1. The zero-order valence-corrected chi connectivity index (χ0v) is 8.50. The van der Waals surface area contributed by atoms with E-state index in [1.807, 2.05) is 25.1 Å². The molecule has 0 aliphatic rings. The highest BCUT2D eigenvalue weighted by molar-refractivity contribution is 5.57. The maximum Gasteiger partial charge on any atom is 0.141 e. The maximum absolute atomic E-state index is 8.40. The summed E-state index contributed by atoms with van der Waals surface area (Å²) in [6.45, 7) is 2.67. The van der Waals surface area contributed by atoms with Crippen LogP contribution in [0.1, 0.15) is 12.0 Å². The molecule has 0 radical (unpaired) electrons. The Hall–Kier alpha value is -1.69. The van der Waals surface area contributed by atoms with Gasteiger partial charge in [-0.2, -0.15) is 5.26 Å². The SMILES string of the molecule is COc1ccc(C)cc1NCCC#N. The molecule has 0 bridgehead atoms. The number of methoxy groups -OCH3 is 1. The number of nitrogens with one attached hydrogen (secondary N) is 1. The number of anilines is 1.